The summed E-state index contributed by atoms with van der Waals surface area (Å²) >= 11 is 0. The van der Waals surface area contributed by atoms with Crippen molar-refractivity contribution in [1.29, 1.82) is 0 Å². The molecule has 4 nitrogen and oxygen atoms in total. The Morgan fingerprint density at radius 1 is 1.40 bits per heavy atom. The van der Waals surface area contributed by atoms with Gasteiger partial charge in [-0.1, -0.05) is 20.8 Å². The van der Waals surface area contributed by atoms with E-state index < -0.39 is 14.1 Å². The minimum absolute atomic E-state index is 0.0958. The molecule has 1 aliphatic heterocycles. The number of carbonyl (C=O) groups is 1. The highest BCUT2D eigenvalue weighted by Crippen LogP contribution is 2.38. The highest BCUT2D eigenvalue weighted by molar-refractivity contribution is 6.74. The van der Waals surface area contributed by atoms with Crippen molar-refractivity contribution in [3.63, 3.8) is 0 Å². The van der Waals surface area contributed by atoms with Gasteiger partial charge < -0.3 is 18.7 Å². The molecule has 0 saturated heterocycles. The topological polar surface area (TPSA) is 44.8 Å². The number of ether oxygens (including phenoxy) is 2. The Kier molecular flexibility index (Phi) is 5.22. The average Bonchev–Trinajstić information content (AvgIpc) is 2.25. The van der Waals surface area contributed by atoms with Crippen LogP contribution < -0.4 is 0 Å². The first-order valence-corrected chi connectivity index (χ1v) is 10.0. The fourth-order valence-corrected chi connectivity index (χ4v) is 3.12. The zero-order valence-corrected chi connectivity index (χ0v) is 14.7. The smallest absolute Gasteiger partial charge is 0.204 e. The van der Waals surface area contributed by atoms with Gasteiger partial charge in [-0.3, -0.25) is 0 Å². The second kappa shape index (κ2) is 5.99. The lowest BCUT2D eigenvalue weighted by molar-refractivity contribution is -0.228. The molecule has 0 saturated carbocycles. The van der Waals surface area contributed by atoms with Crippen molar-refractivity contribution in [2.45, 2.75) is 77.2 Å². The Hall–Kier alpha value is -0.653. The molecular weight excluding hydrogens is 272 g/mol. The number of carbonyl (C=O) groups excluding carboxylic acids is 1. The van der Waals surface area contributed by atoms with E-state index in [1.54, 1.807) is 6.26 Å². The Balaban J connectivity index is 2.87. The van der Waals surface area contributed by atoms with Gasteiger partial charge >= 0.3 is 0 Å². The fraction of sp³-hybridized carbons (Fsp3) is 0.800. The van der Waals surface area contributed by atoms with E-state index in [1.165, 1.54) is 0 Å². The standard InChI is InChI=1S/C15H28O4Si/c1-14(2,3)20(6,7)19-13(8-10-16)12-9-11-17-15(4,5)18-12/h9-13H,8H2,1-7H3/t12-,13+/m0/s1. The van der Waals surface area contributed by atoms with Crippen LogP contribution in [0.2, 0.25) is 18.1 Å². The summed E-state index contributed by atoms with van der Waals surface area (Å²) in [6.45, 7) is 14.6. The third kappa shape index (κ3) is 4.43. The van der Waals surface area contributed by atoms with Gasteiger partial charge in [0.25, 0.3) is 0 Å². The van der Waals surface area contributed by atoms with E-state index in [2.05, 4.69) is 33.9 Å². The van der Waals surface area contributed by atoms with Gasteiger partial charge in [-0.2, -0.15) is 0 Å². The molecule has 1 aliphatic rings. The van der Waals surface area contributed by atoms with Crippen LogP contribution >= 0.6 is 0 Å². The molecule has 0 spiro atoms. The van der Waals surface area contributed by atoms with Crippen molar-refractivity contribution >= 4 is 14.6 Å². The van der Waals surface area contributed by atoms with Gasteiger partial charge in [0.1, 0.15) is 12.4 Å². The quantitative estimate of drug-likeness (QED) is 0.574. The van der Waals surface area contributed by atoms with Crippen LogP contribution in [0.5, 0.6) is 0 Å². The zero-order chi connectivity index (χ0) is 15.6. The van der Waals surface area contributed by atoms with Crippen LogP contribution in [0.1, 0.15) is 41.0 Å². The molecule has 0 aromatic rings. The summed E-state index contributed by atoms with van der Waals surface area (Å²) in [7, 11) is -1.95. The molecule has 20 heavy (non-hydrogen) atoms. The first-order chi connectivity index (χ1) is 8.98. The maximum Gasteiger partial charge on any atom is 0.204 e. The molecule has 0 unspecified atom stereocenters. The zero-order valence-electron chi connectivity index (χ0n) is 13.7. The molecule has 116 valence electrons. The molecule has 2 atom stereocenters. The first kappa shape index (κ1) is 17.4. The van der Waals surface area contributed by atoms with Gasteiger partial charge in [0.05, 0.1) is 12.4 Å². The van der Waals surface area contributed by atoms with Gasteiger partial charge in [0.2, 0.25) is 5.79 Å². The molecule has 0 aromatic carbocycles. The first-order valence-electron chi connectivity index (χ1n) is 7.12. The van der Waals surface area contributed by atoms with Crippen LogP contribution in [0.4, 0.5) is 0 Å². The minimum atomic E-state index is -1.95. The van der Waals surface area contributed by atoms with E-state index in [0.29, 0.717) is 6.42 Å². The maximum absolute atomic E-state index is 11.0. The lowest BCUT2D eigenvalue weighted by atomic mass is 10.1. The maximum atomic E-state index is 11.0. The Bertz CT molecular complexity index is 369. The van der Waals surface area contributed by atoms with Gasteiger partial charge in [-0.15, -0.1) is 0 Å². The summed E-state index contributed by atoms with van der Waals surface area (Å²) in [5, 5.41) is 0.0958. The fourth-order valence-electron chi connectivity index (χ4n) is 1.77. The number of hydrogen-bond acceptors (Lipinski definition) is 4. The summed E-state index contributed by atoms with van der Waals surface area (Å²) < 4.78 is 17.6. The van der Waals surface area contributed by atoms with E-state index in [0.717, 1.165) is 6.29 Å². The van der Waals surface area contributed by atoms with Crippen LogP contribution in [0.3, 0.4) is 0 Å². The van der Waals surface area contributed by atoms with Crippen molar-refractivity contribution in [3.8, 4) is 0 Å². The monoisotopic (exact) mass is 300 g/mol. The molecule has 0 N–H and O–H groups in total. The van der Waals surface area contributed by atoms with Crippen molar-refractivity contribution in [1.82, 2.24) is 0 Å². The van der Waals surface area contributed by atoms with E-state index in [1.807, 2.05) is 19.9 Å². The second-order valence-corrected chi connectivity index (χ2v) is 12.0. The van der Waals surface area contributed by atoms with Crippen molar-refractivity contribution in [3.05, 3.63) is 12.3 Å². The van der Waals surface area contributed by atoms with Gasteiger partial charge in [-0.25, -0.2) is 0 Å². The highest BCUT2D eigenvalue weighted by Gasteiger charge is 2.42. The highest BCUT2D eigenvalue weighted by atomic mass is 28.4. The number of aldehydes is 1. The molecule has 0 aliphatic carbocycles. The minimum Gasteiger partial charge on any atom is -0.471 e. The third-order valence-corrected chi connectivity index (χ3v) is 8.49. The van der Waals surface area contributed by atoms with Crippen molar-refractivity contribution < 1.29 is 18.7 Å². The Morgan fingerprint density at radius 2 is 2.00 bits per heavy atom. The summed E-state index contributed by atoms with van der Waals surface area (Å²) in [6.07, 6.45) is 4.19. The molecule has 5 heteroatoms. The molecule has 0 radical (unpaired) electrons. The van der Waals surface area contributed by atoms with Crippen LogP contribution in [0.25, 0.3) is 0 Å². The third-order valence-electron chi connectivity index (χ3n) is 3.99. The average molecular weight is 300 g/mol. The van der Waals surface area contributed by atoms with Gasteiger partial charge in [0, 0.05) is 20.3 Å². The molecule has 0 fully saturated rings. The largest absolute Gasteiger partial charge is 0.471 e. The SMILES string of the molecule is CC1(C)OC=C[C@@H]([C@@H](CC=O)O[Si](C)(C)C(C)(C)C)O1. The van der Waals surface area contributed by atoms with Gasteiger partial charge in [-0.05, 0) is 24.2 Å². The summed E-state index contributed by atoms with van der Waals surface area (Å²) in [4.78, 5) is 11.0. The molecule has 0 amide bonds. The molecule has 1 heterocycles. The number of rotatable bonds is 5. The van der Waals surface area contributed by atoms with Crippen LogP contribution in [-0.4, -0.2) is 32.6 Å². The van der Waals surface area contributed by atoms with Crippen molar-refractivity contribution in [2.75, 3.05) is 0 Å². The van der Waals surface area contributed by atoms with Crippen LogP contribution in [0, 0.1) is 0 Å². The van der Waals surface area contributed by atoms with E-state index >= 15 is 0 Å². The molecule has 1 rings (SSSR count). The lowest BCUT2D eigenvalue weighted by Gasteiger charge is -2.42. The Morgan fingerprint density at radius 3 is 2.45 bits per heavy atom. The normalized spacial score (nSPS) is 24.1. The summed E-state index contributed by atoms with van der Waals surface area (Å²) in [5.41, 5.74) is 0. The second-order valence-electron chi connectivity index (χ2n) is 7.25. The summed E-state index contributed by atoms with van der Waals surface area (Å²) in [6, 6.07) is 0. The summed E-state index contributed by atoms with van der Waals surface area (Å²) in [5.74, 6) is -0.683. The molecule has 0 bridgehead atoms. The van der Waals surface area contributed by atoms with Gasteiger partial charge in [0.15, 0.2) is 8.32 Å². The lowest BCUT2D eigenvalue weighted by Crippen LogP contribution is -2.49. The molecular formula is C15H28O4Si. The van der Waals surface area contributed by atoms with E-state index in [4.69, 9.17) is 13.9 Å². The van der Waals surface area contributed by atoms with E-state index in [-0.39, 0.29) is 17.2 Å². The van der Waals surface area contributed by atoms with Crippen molar-refractivity contribution in [2.24, 2.45) is 0 Å². The Labute approximate surface area is 123 Å². The van der Waals surface area contributed by atoms with E-state index in [9.17, 15) is 4.79 Å². The predicted octanol–water partition coefficient (Wildman–Crippen LogP) is 3.63. The number of hydrogen-bond donors (Lipinski definition) is 0. The predicted molar refractivity (Wildman–Crippen MR) is 81.9 cm³/mol. The molecule has 0 aromatic heterocycles. The van der Waals surface area contributed by atoms with Crippen LogP contribution in [-0.2, 0) is 18.7 Å². The van der Waals surface area contributed by atoms with Crippen LogP contribution in [0.15, 0.2) is 12.3 Å².